The summed E-state index contributed by atoms with van der Waals surface area (Å²) in [7, 11) is 0. The molecule has 0 aromatic heterocycles. The van der Waals surface area contributed by atoms with E-state index in [-0.39, 0.29) is 24.5 Å². The van der Waals surface area contributed by atoms with E-state index in [0.717, 1.165) is 36.4 Å². The van der Waals surface area contributed by atoms with E-state index >= 15 is 0 Å². The van der Waals surface area contributed by atoms with Crippen LogP contribution in [0.5, 0.6) is 0 Å². The van der Waals surface area contributed by atoms with Gasteiger partial charge in [0.05, 0.1) is 18.2 Å². The van der Waals surface area contributed by atoms with Crippen molar-refractivity contribution in [3.63, 3.8) is 0 Å². The molecule has 0 amide bonds. The van der Waals surface area contributed by atoms with E-state index in [2.05, 4.69) is 56.6 Å². The molecule has 2 N–H and O–H groups in total. The second-order valence-electron chi connectivity index (χ2n) is 8.06. The smallest absolute Gasteiger partial charge is 0.134 e. The minimum atomic E-state index is -0.293. The van der Waals surface area contributed by atoms with Gasteiger partial charge in [0.15, 0.2) is 0 Å². The third-order valence-electron chi connectivity index (χ3n) is 5.21. The first-order valence-electron chi connectivity index (χ1n) is 10.2. The van der Waals surface area contributed by atoms with E-state index in [1.807, 2.05) is 24.8 Å². The van der Waals surface area contributed by atoms with Crippen molar-refractivity contribution in [2.24, 2.45) is 4.99 Å². The first-order valence-corrected chi connectivity index (χ1v) is 10.2. The molecule has 5 heteroatoms. The molecule has 0 saturated carbocycles. The summed E-state index contributed by atoms with van der Waals surface area (Å²) < 4.78 is 5.94. The average molecular weight is 398 g/mol. The molecular formula is C24H35N3O2. The second kappa shape index (κ2) is 10.4. The van der Waals surface area contributed by atoms with Gasteiger partial charge in [-0.25, -0.2) is 0 Å². The fraction of sp³-hybridized carbons (Fsp3) is 0.458. The zero-order chi connectivity index (χ0) is 21.4. The van der Waals surface area contributed by atoms with Crippen molar-refractivity contribution in [2.75, 3.05) is 6.61 Å². The van der Waals surface area contributed by atoms with Gasteiger partial charge in [-0.05, 0) is 64.9 Å². The van der Waals surface area contributed by atoms with Crippen LogP contribution in [-0.2, 0) is 11.2 Å². The zero-order valence-electron chi connectivity index (χ0n) is 18.2. The summed E-state index contributed by atoms with van der Waals surface area (Å²) in [4.78, 5) is 7.05. The first kappa shape index (κ1) is 22.9. The van der Waals surface area contributed by atoms with E-state index in [4.69, 9.17) is 9.73 Å². The molecule has 0 aliphatic carbocycles. The highest BCUT2D eigenvalue weighted by molar-refractivity contribution is 5.99. The predicted octanol–water partition coefficient (Wildman–Crippen LogP) is 4.38. The molecule has 1 aliphatic heterocycles. The Bertz CT molecular complexity index is 753. The number of rotatable bonds is 9. The maximum atomic E-state index is 9.37. The summed E-state index contributed by atoms with van der Waals surface area (Å²) in [6.45, 7) is 16.2. The van der Waals surface area contributed by atoms with Crippen molar-refractivity contribution in [3.05, 3.63) is 72.7 Å². The Hall–Kier alpha value is -2.37. The highest BCUT2D eigenvalue weighted by Crippen LogP contribution is 2.27. The number of ether oxygens (including phenoxy) is 1. The predicted molar refractivity (Wildman–Crippen MR) is 120 cm³/mol. The molecule has 1 saturated heterocycles. The minimum Gasteiger partial charge on any atom is -0.394 e. The largest absolute Gasteiger partial charge is 0.394 e. The van der Waals surface area contributed by atoms with E-state index in [1.165, 1.54) is 5.56 Å². The van der Waals surface area contributed by atoms with Gasteiger partial charge in [-0.15, -0.1) is 0 Å². The van der Waals surface area contributed by atoms with Gasteiger partial charge < -0.3 is 20.1 Å². The van der Waals surface area contributed by atoms with Crippen LogP contribution in [0.15, 0.2) is 72.2 Å². The topological polar surface area (TPSA) is 57.1 Å². The Morgan fingerprint density at radius 1 is 1.28 bits per heavy atom. The lowest BCUT2D eigenvalue weighted by molar-refractivity contribution is -0.0392. The van der Waals surface area contributed by atoms with Crippen molar-refractivity contribution < 1.29 is 9.84 Å². The van der Waals surface area contributed by atoms with Gasteiger partial charge in [0.25, 0.3) is 0 Å². The van der Waals surface area contributed by atoms with Crippen LogP contribution in [0.3, 0.4) is 0 Å². The first-order chi connectivity index (χ1) is 13.8. The number of nitrogens with zero attached hydrogens (tertiary/aromatic N) is 2. The fourth-order valence-corrected chi connectivity index (χ4v) is 3.62. The number of benzene rings is 1. The molecule has 158 valence electrons. The number of hydrogen-bond donors (Lipinski definition) is 2. The summed E-state index contributed by atoms with van der Waals surface area (Å²) in [6, 6.07) is 10.4. The van der Waals surface area contributed by atoms with Crippen molar-refractivity contribution in [1.82, 2.24) is 10.2 Å². The second-order valence-corrected chi connectivity index (χ2v) is 8.06. The molecule has 2 atom stereocenters. The number of amidine groups is 1. The normalized spacial score (nSPS) is 20.8. The van der Waals surface area contributed by atoms with Crippen LogP contribution in [0, 0.1) is 0 Å². The molecule has 1 aromatic carbocycles. The number of aliphatic hydroxyl groups excluding tert-OH is 1. The van der Waals surface area contributed by atoms with Crippen LogP contribution in [-0.4, -0.2) is 40.3 Å². The SMILES string of the molecule is C=CNC(=NC(C)(C)Cc1ccccc1)/C(C)=C(\C)N(C=C)C1CCC(CO)O1. The average Bonchev–Trinajstić information content (AvgIpc) is 3.16. The van der Waals surface area contributed by atoms with E-state index in [0.29, 0.717) is 0 Å². The third-order valence-corrected chi connectivity index (χ3v) is 5.21. The summed E-state index contributed by atoms with van der Waals surface area (Å²) in [5.74, 6) is 0.780. The van der Waals surface area contributed by atoms with E-state index < -0.39 is 0 Å². The molecule has 1 fully saturated rings. The zero-order valence-corrected chi connectivity index (χ0v) is 18.2. The standard InChI is InChI=1S/C24H35N3O2/c1-7-25-23(26-24(5,6)16-20-12-10-9-11-13-20)18(3)19(4)27(8-2)22-15-14-21(17-28)29-22/h7-13,21-22,28H,1-2,14-17H2,3-6H3,(H,25,26)/b19-18+. The van der Waals surface area contributed by atoms with Gasteiger partial charge in [0.1, 0.15) is 12.1 Å². The molecule has 1 aliphatic rings. The van der Waals surface area contributed by atoms with Gasteiger partial charge >= 0.3 is 0 Å². The molecule has 5 nitrogen and oxygen atoms in total. The van der Waals surface area contributed by atoms with E-state index in [1.54, 1.807) is 12.4 Å². The van der Waals surface area contributed by atoms with Crippen LogP contribution in [0.4, 0.5) is 0 Å². The summed E-state index contributed by atoms with van der Waals surface area (Å²) in [6.07, 6.45) is 5.72. The molecule has 2 unspecified atom stereocenters. The van der Waals surface area contributed by atoms with Crippen LogP contribution in [0.2, 0.25) is 0 Å². The van der Waals surface area contributed by atoms with Crippen LogP contribution in [0.25, 0.3) is 0 Å². The Kier molecular flexibility index (Phi) is 8.23. The Morgan fingerprint density at radius 2 is 1.97 bits per heavy atom. The molecule has 0 bridgehead atoms. The van der Waals surface area contributed by atoms with Crippen LogP contribution < -0.4 is 5.32 Å². The lowest BCUT2D eigenvalue weighted by Crippen LogP contribution is -2.33. The highest BCUT2D eigenvalue weighted by Gasteiger charge is 2.29. The van der Waals surface area contributed by atoms with Crippen molar-refractivity contribution in [3.8, 4) is 0 Å². The van der Waals surface area contributed by atoms with Gasteiger partial charge in [-0.3, -0.25) is 4.99 Å². The lowest BCUT2D eigenvalue weighted by atomic mass is 9.95. The van der Waals surface area contributed by atoms with Gasteiger partial charge in [-0.1, -0.05) is 43.5 Å². The maximum Gasteiger partial charge on any atom is 0.134 e. The van der Waals surface area contributed by atoms with Gasteiger partial charge in [0.2, 0.25) is 0 Å². The number of aliphatic hydroxyl groups is 1. The summed E-state index contributed by atoms with van der Waals surface area (Å²) >= 11 is 0. The van der Waals surface area contributed by atoms with Crippen LogP contribution in [0.1, 0.15) is 46.1 Å². The highest BCUT2D eigenvalue weighted by atomic mass is 16.5. The lowest BCUT2D eigenvalue weighted by Gasteiger charge is -2.30. The van der Waals surface area contributed by atoms with Gasteiger partial charge in [0, 0.05) is 11.3 Å². The number of hydrogen-bond acceptors (Lipinski definition) is 4. The maximum absolute atomic E-state index is 9.37. The number of aliphatic imine (C=N–C) groups is 1. The Balaban J connectivity index is 2.29. The molecule has 2 rings (SSSR count). The van der Waals surface area contributed by atoms with Gasteiger partial charge in [-0.2, -0.15) is 0 Å². The fourth-order valence-electron chi connectivity index (χ4n) is 3.62. The molecular weight excluding hydrogens is 362 g/mol. The summed E-state index contributed by atoms with van der Waals surface area (Å²) in [5, 5.41) is 12.6. The molecule has 0 spiro atoms. The van der Waals surface area contributed by atoms with Crippen LogP contribution >= 0.6 is 0 Å². The molecule has 1 aromatic rings. The summed E-state index contributed by atoms with van der Waals surface area (Å²) in [5.41, 5.74) is 2.97. The minimum absolute atomic E-state index is 0.0433. The Labute approximate surface area is 175 Å². The van der Waals surface area contributed by atoms with Crippen molar-refractivity contribution in [1.29, 1.82) is 0 Å². The molecule has 1 heterocycles. The number of nitrogens with one attached hydrogen (secondary N) is 1. The Morgan fingerprint density at radius 3 is 2.52 bits per heavy atom. The monoisotopic (exact) mass is 397 g/mol. The molecule has 0 radical (unpaired) electrons. The van der Waals surface area contributed by atoms with Crippen molar-refractivity contribution >= 4 is 5.84 Å². The third kappa shape index (κ3) is 6.31. The molecule has 29 heavy (non-hydrogen) atoms. The quantitative estimate of drug-likeness (QED) is 0.480. The van der Waals surface area contributed by atoms with Crippen molar-refractivity contribution in [2.45, 2.75) is 64.8 Å². The van der Waals surface area contributed by atoms with E-state index in [9.17, 15) is 5.11 Å². The number of allylic oxidation sites excluding steroid dienone is 1.